The Kier molecular flexibility index (Phi) is 4.79. The van der Waals surface area contributed by atoms with Crippen molar-refractivity contribution >= 4 is 23.2 Å². The molecule has 0 bridgehead atoms. The third kappa shape index (κ3) is 3.35. The van der Waals surface area contributed by atoms with Gasteiger partial charge in [-0.1, -0.05) is 6.42 Å². The predicted molar refractivity (Wildman–Crippen MR) is 109 cm³/mol. The van der Waals surface area contributed by atoms with Crippen molar-refractivity contribution in [2.75, 3.05) is 10.2 Å². The minimum Gasteiger partial charge on any atom is -0.325 e. The summed E-state index contributed by atoms with van der Waals surface area (Å²) in [6, 6.07) is 7.39. The monoisotopic (exact) mass is 379 g/mol. The topological polar surface area (TPSA) is 82.3 Å². The number of rotatable bonds is 2. The van der Waals surface area contributed by atoms with E-state index in [9.17, 15) is 14.4 Å². The number of fused-ring (bicyclic) bond motifs is 2. The Hall–Kier alpha value is -2.89. The van der Waals surface area contributed by atoms with Crippen LogP contribution < -0.4 is 15.8 Å². The lowest BCUT2D eigenvalue weighted by molar-refractivity contribution is -0.116. The molecule has 2 aliphatic rings. The van der Waals surface area contributed by atoms with Crippen molar-refractivity contribution < 1.29 is 9.59 Å². The summed E-state index contributed by atoms with van der Waals surface area (Å²) < 4.78 is 0. The Morgan fingerprint density at radius 2 is 1.89 bits per heavy atom. The Bertz CT molecular complexity index is 1010. The molecule has 6 nitrogen and oxygen atoms in total. The fourth-order valence-electron chi connectivity index (χ4n) is 4.41. The zero-order chi connectivity index (χ0) is 19.8. The van der Waals surface area contributed by atoms with Crippen molar-refractivity contribution in [2.24, 2.45) is 0 Å². The van der Waals surface area contributed by atoms with Crippen molar-refractivity contribution in [1.82, 2.24) is 4.98 Å². The fraction of sp³-hybridized carbons (Fsp3) is 0.409. The summed E-state index contributed by atoms with van der Waals surface area (Å²) in [5.41, 5.74) is 4.40. The number of H-pyrrole nitrogens is 1. The zero-order valence-corrected chi connectivity index (χ0v) is 16.3. The summed E-state index contributed by atoms with van der Waals surface area (Å²) >= 11 is 0. The molecule has 2 amide bonds. The normalized spacial score (nSPS) is 18.2. The van der Waals surface area contributed by atoms with E-state index in [1.807, 2.05) is 19.1 Å². The molecule has 0 radical (unpaired) electrons. The third-order valence-electron chi connectivity index (χ3n) is 5.72. The average molecular weight is 379 g/mol. The fourth-order valence-corrected chi connectivity index (χ4v) is 4.41. The maximum atomic E-state index is 12.7. The summed E-state index contributed by atoms with van der Waals surface area (Å²) in [4.78, 5) is 41.7. The molecule has 1 aliphatic heterocycles. The highest BCUT2D eigenvalue weighted by Gasteiger charge is 2.29. The second-order valence-corrected chi connectivity index (χ2v) is 7.82. The number of pyridine rings is 1. The number of aryl methyl sites for hydroxylation is 2. The van der Waals surface area contributed by atoms with Gasteiger partial charge in [0.15, 0.2) is 0 Å². The second kappa shape index (κ2) is 7.26. The molecule has 0 saturated heterocycles. The number of amides is 2. The molecule has 28 heavy (non-hydrogen) atoms. The van der Waals surface area contributed by atoms with Gasteiger partial charge in [-0.2, -0.15) is 0 Å². The number of nitrogens with zero attached hydrogens (tertiary/aromatic N) is 1. The standard InChI is InChI=1S/C22H25N3O3/c1-13-10-16-11-17(8-9-20(16)25(13)14(2)26)23-21(27)18-12-15-6-4-3-5-7-19(15)24-22(18)28/h8-9,11-13H,3-7,10H2,1-2H3,(H,23,27)(H,24,28)/t13-/m0/s1. The Morgan fingerprint density at radius 3 is 2.68 bits per heavy atom. The van der Waals surface area contributed by atoms with Gasteiger partial charge in [-0.25, -0.2) is 0 Å². The molecule has 1 aliphatic carbocycles. The van der Waals surface area contributed by atoms with Crippen LogP contribution in [0.2, 0.25) is 0 Å². The molecule has 1 atom stereocenters. The minimum atomic E-state index is -0.400. The van der Waals surface area contributed by atoms with Gasteiger partial charge in [0.05, 0.1) is 0 Å². The average Bonchev–Trinajstić information content (AvgIpc) is 2.81. The van der Waals surface area contributed by atoms with E-state index in [-0.39, 0.29) is 23.1 Å². The van der Waals surface area contributed by atoms with Crippen LogP contribution in [0.5, 0.6) is 0 Å². The smallest absolute Gasteiger partial charge is 0.261 e. The van der Waals surface area contributed by atoms with Crippen molar-refractivity contribution in [2.45, 2.75) is 58.4 Å². The number of carbonyl (C=O) groups is 2. The number of hydrogen-bond donors (Lipinski definition) is 2. The lowest BCUT2D eigenvalue weighted by atomic mass is 10.1. The van der Waals surface area contributed by atoms with Gasteiger partial charge in [0, 0.05) is 30.0 Å². The molecule has 2 heterocycles. The Labute approximate surface area is 164 Å². The summed E-state index contributed by atoms with van der Waals surface area (Å²) in [5, 5.41) is 2.85. The summed E-state index contributed by atoms with van der Waals surface area (Å²) in [6.07, 6.45) is 5.79. The summed E-state index contributed by atoms with van der Waals surface area (Å²) in [5.74, 6) is -0.387. The second-order valence-electron chi connectivity index (χ2n) is 7.82. The molecule has 2 aromatic rings. The van der Waals surface area contributed by atoms with E-state index in [0.29, 0.717) is 5.69 Å². The lowest BCUT2D eigenvalue weighted by Gasteiger charge is -2.20. The van der Waals surface area contributed by atoms with Crippen LogP contribution >= 0.6 is 0 Å². The molecule has 0 spiro atoms. The van der Waals surface area contributed by atoms with Gasteiger partial charge in [-0.3, -0.25) is 14.4 Å². The molecular formula is C22H25N3O3. The first kappa shape index (κ1) is 18.5. The molecule has 1 aromatic heterocycles. The number of carbonyl (C=O) groups excluding carboxylic acids is 2. The molecule has 2 N–H and O–H groups in total. The highest BCUT2D eigenvalue weighted by molar-refractivity contribution is 6.04. The van der Waals surface area contributed by atoms with Crippen LogP contribution in [0.25, 0.3) is 0 Å². The van der Waals surface area contributed by atoms with E-state index >= 15 is 0 Å². The largest absolute Gasteiger partial charge is 0.325 e. The number of hydrogen-bond acceptors (Lipinski definition) is 3. The van der Waals surface area contributed by atoms with E-state index in [4.69, 9.17) is 0 Å². The number of anilines is 2. The van der Waals surface area contributed by atoms with Crippen LogP contribution in [0.3, 0.4) is 0 Å². The highest BCUT2D eigenvalue weighted by atomic mass is 16.2. The van der Waals surface area contributed by atoms with Crippen molar-refractivity contribution in [1.29, 1.82) is 0 Å². The minimum absolute atomic E-state index is 0.0135. The van der Waals surface area contributed by atoms with Crippen LogP contribution in [0.15, 0.2) is 29.1 Å². The van der Waals surface area contributed by atoms with Gasteiger partial charge in [0.1, 0.15) is 5.56 Å². The number of aromatic nitrogens is 1. The van der Waals surface area contributed by atoms with Gasteiger partial charge in [-0.15, -0.1) is 0 Å². The van der Waals surface area contributed by atoms with Crippen molar-refractivity contribution in [3.63, 3.8) is 0 Å². The maximum absolute atomic E-state index is 12.7. The molecule has 0 unspecified atom stereocenters. The SMILES string of the molecule is CC(=O)N1c2ccc(NC(=O)c3cc4c([nH]c3=O)CCCCC4)cc2C[C@@H]1C. The molecule has 1 aromatic carbocycles. The van der Waals surface area contributed by atoms with Gasteiger partial charge in [0.2, 0.25) is 5.91 Å². The van der Waals surface area contributed by atoms with Crippen LogP contribution in [-0.2, 0) is 24.1 Å². The Balaban J connectivity index is 1.58. The Morgan fingerprint density at radius 1 is 1.11 bits per heavy atom. The van der Waals surface area contributed by atoms with E-state index < -0.39 is 5.91 Å². The number of nitrogens with one attached hydrogen (secondary N) is 2. The first-order chi connectivity index (χ1) is 13.4. The van der Waals surface area contributed by atoms with Crippen LogP contribution in [0.1, 0.15) is 60.3 Å². The number of benzene rings is 1. The highest BCUT2D eigenvalue weighted by Crippen LogP contribution is 2.34. The van der Waals surface area contributed by atoms with Gasteiger partial charge >= 0.3 is 0 Å². The van der Waals surface area contributed by atoms with Gasteiger partial charge in [-0.05, 0) is 74.4 Å². The van der Waals surface area contributed by atoms with Crippen LogP contribution in [-0.4, -0.2) is 22.8 Å². The lowest BCUT2D eigenvalue weighted by Crippen LogP contribution is -2.33. The maximum Gasteiger partial charge on any atom is 0.261 e. The van der Waals surface area contributed by atoms with E-state index in [1.54, 1.807) is 24.0 Å². The molecule has 4 rings (SSSR count). The molecule has 6 heteroatoms. The summed E-state index contributed by atoms with van der Waals surface area (Å²) in [6.45, 7) is 3.57. The number of aromatic amines is 1. The zero-order valence-electron chi connectivity index (χ0n) is 16.3. The first-order valence-corrected chi connectivity index (χ1v) is 9.93. The van der Waals surface area contributed by atoms with Crippen molar-refractivity contribution in [3.8, 4) is 0 Å². The summed E-state index contributed by atoms with van der Waals surface area (Å²) in [7, 11) is 0. The first-order valence-electron chi connectivity index (χ1n) is 9.93. The van der Waals surface area contributed by atoms with E-state index in [0.717, 1.165) is 61.0 Å². The molecular weight excluding hydrogens is 354 g/mol. The molecule has 146 valence electrons. The van der Waals surface area contributed by atoms with E-state index in [1.165, 1.54) is 0 Å². The van der Waals surface area contributed by atoms with Gasteiger partial charge < -0.3 is 15.2 Å². The van der Waals surface area contributed by atoms with Crippen LogP contribution in [0.4, 0.5) is 11.4 Å². The molecule has 0 saturated carbocycles. The molecule has 0 fully saturated rings. The predicted octanol–water partition coefficient (Wildman–Crippen LogP) is 3.19. The van der Waals surface area contributed by atoms with E-state index in [2.05, 4.69) is 10.3 Å². The van der Waals surface area contributed by atoms with Gasteiger partial charge in [0.25, 0.3) is 11.5 Å². The van der Waals surface area contributed by atoms with Crippen molar-refractivity contribution in [3.05, 3.63) is 57.0 Å². The quantitative estimate of drug-likeness (QED) is 0.786. The third-order valence-corrected chi connectivity index (χ3v) is 5.72. The van der Waals surface area contributed by atoms with Crippen LogP contribution in [0, 0.1) is 0 Å².